The number of likely N-dealkylation sites (tertiary alicyclic amines) is 1. The average Bonchev–Trinajstić information content (AvgIpc) is 3.93. The maximum Gasteiger partial charge on any atom is 0.324 e. The Morgan fingerprint density at radius 3 is 2.54 bits per heavy atom. The van der Waals surface area contributed by atoms with Crippen molar-refractivity contribution in [1.29, 1.82) is 0 Å². The maximum atomic E-state index is 14.7. The molecule has 16 nitrogen and oxygen atoms in total. The van der Waals surface area contributed by atoms with Gasteiger partial charge in [0.2, 0.25) is 11.8 Å². The van der Waals surface area contributed by atoms with Gasteiger partial charge in [-0.2, -0.15) is 0 Å². The van der Waals surface area contributed by atoms with Gasteiger partial charge < -0.3 is 34.1 Å². The number of nitrogens with zero attached hydrogens (tertiary/aromatic N) is 7. The molecule has 4 aromatic rings. The van der Waals surface area contributed by atoms with Crippen LogP contribution in [0.3, 0.4) is 0 Å². The third-order valence-corrected chi connectivity index (χ3v) is 14.6. The number of urea groups is 1. The molecule has 6 bridgehead atoms. The molecule has 5 amide bonds. The molecule has 366 valence electrons. The smallest absolute Gasteiger partial charge is 0.324 e. The molecule has 0 aliphatic carbocycles. The zero-order chi connectivity index (χ0) is 49.0. The second-order valence-electron chi connectivity index (χ2n) is 19.7. The molecule has 68 heavy (non-hydrogen) atoms. The number of carbonyl (C=O) groups excluding carboxylic acids is 5. The number of nitrogens with one attached hydrogen (secondary N) is 2. The van der Waals surface area contributed by atoms with E-state index in [0.29, 0.717) is 57.0 Å². The third-order valence-electron chi connectivity index (χ3n) is 13.7. The van der Waals surface area contributed by atoms with Gasteiger partial charge in [-0.25, -0.2) is 15.2 Å². The number of piperidine rings is 1. The Hall–Kier alpha value is -5.65. The molecule has 1 unspecified atom stereocenters. The first-order chi connectivity index (χ1) is 32.4. The number of carbonyl (C=O) groups is 5. The molecule has 0 spiro atoms. The molecule has 3 aromatic heterocycles. The van der Waals surface area contributed by atoms with E-state index < -0.39 is 41.3 Å². The number of fused-ring (bicyclic) bond motifs is 6. The zero-order valence-electron chi connectivity index (χ0n) is 41.2. The van der Waals surface area contributed by atoms with Crippen molar-refractivity contribution in [3.8, 4) is 22.5 Å². The van der Waals surface area contributed by atoms with Crippen LogP contribution in [-0.4, -0.2) is 136 Å². The molecule has 2 saturated heterocycles. The van der Waals surface area contributed by atoms with Gasteiger partial charge in [-0.1, -0.05) is 40.3 Å². The van der Waals surface area contributed by atoms with Crippen molar-refractivity contribution in [3.05, 3.63) is 70.8 Å². The van der Waals surface area contributed by atoms with Crippen molar-refractivity contribution in [2.45, 2.75) is 111 Å². The Bertz CT molecular complexity index is 2510. The highest BCUT2D eigenvalue weighted by molar-refractivity contribution is 7.10. The van der Waals surface area contributed by atoms with Crippen molar-refractivity contribution < 1.29 is 33.4 Å². The van der Waals surface area contributed by atoms with Gasteiger partial charge in [-0.3, -0.25) is 29.2 Å². The molecule has 1 aromatic carbocycles. The molecule has 2 N–H and O–H groups in total. The van der Waals surface area contributed by atoms with Crippen molar-refractivity contribution in [2.24, 2.45) is 17.3 Å². The van der Waals surface area contributed by atoms with E-state index in [9.17, 15) is 24.0 Å². The second-order valence-corrected chi connectivity index (χ2v) is 20.7. The van der Waals surface area contributed by atoms with Gasteiger partial charge in [0.1, 0.15) is 18.1 Å². The van der Waals surface area contributed by atoms with E-state index >= 15 is 0 Å². The van der Waals surface area contributed by atoms with E-state index in [-0.39, 0.29) is 42.9 Å². The van der Waals surface area contributed by atoms with E-state index in [1.807, 2.05) is 32.2 Å². The minimum absolute atomic E-state index is 0.0842. The van der Waals surface area contributed by atoms with Gasteiger partial charge in [0, 0.05) is 99.4 Å². The van der Waals surface area contributed by atoms with Gasteiger partial charge in [-0.05, 0) is 93.7 Å². The van der Waals surface area contributed by atoms with Gasteiger partial charge in [0.05, 0.1) is 34.8 Å². The van der Waals surface area contributed by atoms with Gasteiger partial charge in [0.25, 0.3) is 5.91 Å². The number of esters is 1. The summed E-state index contributed by atoms with van der Waals surface area (Å²) in [6.07, 6.45) is 5.95. The molecule has 6 heterocycles. The Kier molecular flexibility index (Phi) is 15.8. The number of thiazole rings is 1. The monoisotopic (exact) mass is 952 g/mol. The van der Waals surface area contributed by atoms with Crippen LogP contribution in [0.25, 0.3) is 33.4 Å². The van der Waals surface area contributed by atoms with Crippen LogP contribution in [0.4, 0.5) is 4.79 Å². The summed E-state index contributed by atoms with van der Waals surface area (Å²) in [6.45, 7) is 18.4. The first-order valence-electron chi connectivity index (χ1n) is 24.0. The lowest BCUT2D eigenvalue weighted by Gasteiger charge is -2.39. The standard InChI is InChI=1S/C51H69N9O7S/c1-11-43(61)56(8)28-33-19-23-58(24-20-33)50(65)57(9)45(31(3)4)47(62)54-39-26-42-53-40(29-68-42)34-17-18-41-36(25-34)37(46(59(41)12-2)35-15-13-21-52-44(35)32(5)66-10)27-51(6,7)30-67-49(64)38-16-14-22-60(55-38)48(39)63/h11,13,15,17-18,21,25,29,31-33,38-39,45,55H,1,12,14,16,19-20,22-24,26-28,30H2,2-10H3,(H,54,62)/t32-,38-,39-,45?/m0/s1. The van der Waals surface area contributed by atoms with E-state index in [1.54, 1.807) is 37.2 Å². The summed E-state index contributed by atoms with van der Waals surface area (Å²) in [5, 5.41) is 8.16. The molecular weight excluding hydrogens is 883 g/mol. The van der Waals surface area contributed by atoms with Crippen LogP contribution in [0, 0.1) is 17.3 Å². The number of amides is 5. The van der Waals surface area contributed by atoms with Gasteiger partial charge in [-0.15, -0.1) is 11.3 Å². The Morgan fingerprint density at radius 2 is 1.85 bits per heavy atom. The molecule has 7 rings (SSSR count). The lowest BCUT2D eigenvalue weighted by Crippen LogP contribution is -2.62. The number of likely N-dealkylation sites (N-methyl/N-ethyl adjacent to an activating group) is 2. The number of rotatable bonds is 11. The molecule has 3 aliphatic rings. The van der Waals surface area contributed by atoms with Crippen LogP contribution in [0.5, 0.6) is 0 Å². The Balaban J connectivity index is 1.21. The molecule has 3 aliphatic heterocycles. The highest BCUT2D eigenvalue weighted by Crippen LogP contribution is 2.42. The number of hydrazine groups is 1. The van der Waals surface area contributed by atoms with Crippen molar-refractivity contribution in [1.82, 2.24) is 45.0 Å². The van der Waals surface area contributed by atoms with Crippen molar-refractivity contribution in [3.63, 3.8) is 0 Å². The fraction of sp³-hybridized carbons (Fsp3) is 0.549. The number of hydrogen-bond donors (Lipinski definition) is 2. The number of pyridine rings is 1. The minimum atomic E-state index is -1.07. The number of cyclic esters (lactones) is 1. The molecule has 0 radical (unpaired) electrons. The lowest BCUT2D eigenvalue weighted by atomic mass is 9.84. The van der Waals surface area contributed by atoms with Crippen LogP contribution in [-0.2, 0) is 48.0 Å². The topological polar surface area (TPSA) is 172 Å². The molecule has 4 atom stereocenters. The zero-order valence-corrected chi connectivity index (χ0v) is 42.0. The fourth-order valence-corrected chi connectivity index (χ4v) is 10.9. The van der Waals surface area contributed by atoms with Crippen LogP contribution < -0.4 is 10.7 Å². The van der Waals surface area contributed by atoms with E-state index in [4.69, 9.17) is 19.4 Å². The van der Waals surface area contributed by atoms with E-state index in [2.05, 4.69) is 66.9 Å². The van der Waals surface area contributed by atoms with Crippen molar-refractivity contribution in [2.75, 3.05) is 54.0 Å². The molecular formula is C51H69N9O7S. The van der Waals surface area contributed by atoms with Crippen LogP contribution in [0.1, 0.15) is 89.6 Å². The largest absolute Gasteiger partial charge is 0.464 e. The normalized spacial score (nSPS) is 20.1. The summed E-state index contributed by atoms with van der Waals surface area (Å²) in [5.41, 5.74) is 9.29. The second kappa shape index (κ2) is 21.3. The van der Waals surface area contributed by atoms with E-state index in [0.717, 1.165) is 57.5 Å². The number of benzene rings is 1. The molecule has 2 fully saturated rings. The molecule has 17 heteroatoms. The van der Waals surface area contributed by atoms with Crippen LogP contribution >= 0.6 is 11.3 Å². The summed E-state index contributed by atoms with van der Waals surface area (Å²) in [4.78, 5) is 84.0. The van der Waals surface area contributed by atoms with Crippen LogP contribution in [0.15, 0.2) is 54.6 Å². The first-order valence-corrected chi connectivity index (χ1v) is 24.8. The summed E-state index contributed by atoms with van der Waals surface area (Å²) in [6, 6.07) is 7.40. The van der Waals surface area contributed by atoms with Crippen LogP contribution in [0.2, 0.25) is 0 Å². The maximum absolute atomic E-state index is 14.7. The van der Waals surface area contributed by atoms with Crippen molar-refractivity contribution >= 4 is 52.0 Å². The Labute approximate surface area is 404 Å². The number of hydrogen-bond acceptors (Lipinski definition) is 11. The minimum Gasteiger partial charge on any atom is -0.464 e. The highest BCUT2D eigenvalue weighted by atomic mass is 32.1. The number of aromatic nitrogens is 3. The fourth-order valence-electron chi connectivity index (χ4n) is 10.0. The summed E-state index contributed by atoms with van der Waals surface area (Å²) in [5.74, 6) is -1.53. The number of aryl methyl sites for hydroxylation is 1. The quantitative estimate of drug-likeness (QED) is 0.123. The van der Waals surface area contributed by atoms with Gasteiger partial charge >= 0.3 is 12.0 Å². The van der Waals surface area contributed by atoms with E-state index in [1.165, 1.54) is 27.3 Å². The Morgan fingerprint density at radius 1 is 1.10 bits per heavy atom. The average molecular weight is 952 g/mol. The predicted octanol–water partition coefficient (Wildman–Crippen LogP) is 6.64. The summed E-state index contributed by atoms with van der Waals surface area (Å²) >= 11 is 1.41. The third kappa shape index (κ3) is 10.8. The van der Waals surface area contributed by atoms with Gasteiger partial charge in [0.15, 0.2) is 0 Å². The summed E-state index contributed by atoms with van der Waals surface area (Å²) < 4.78 is 14.3. The number of methoxy groups -OCH3 is 1. The molecule has 0 saturated carbocycles. The lowest BCUT2D eigenvalue weighted by molar-refractivity contribution is -0.155. The predicted molar refractivity (Wildman–Crippen MR) is 263 cm³/mol. The SMILES string of the molecule is C=CC(=O)N(C)CC1CCN(C(=O)N(C)C(C(=O)N[C@H]2Cc3nc(cs3)-c3ccc4c(c3)c(c(-c3cccnc3[C@H](C)OC)n4CC)CC(C)(C)COC(=O)[C@@H]3CCCN(N3)C2=O)C(C)C)CC1. The summed E-state index contributed by atoms with van der Waals surface area (Å²) in [7, 11) is 5.07. The highest BCUT2D eigenvalue weighted by Gasteiger charge is 2.39. The first kappa shape index (κ1) is 50.2. The number of ether oxygens (including phenoxy) is 2.